The minimum atomic E-state index is -0.346. The monoisotopic (exact) mass is 222 g/mol. The van der Waals surface area contributed by atoms with Crippen molar-refractivity contribution in [3.05, 3.63) is 23.4 Å². The predicted molar refractivity (Wildman–Crippen MR) is 59.8 cm³/mol. The number of likely N-dealkylation sites (N-methyl/N-ethyl adjacent to an activating group) is 1. The molecule has 1 aromatic heterocycles. The van der Waals surface area contributed by atoms with Crippen LogP contribution in [-0.4, -0.2) is 30.4 Å². The van der Waals surface area contributed by atoms with E-state index < -0.39 is 0 Å². The summed E-state index contributed by atoms with van der Waals surface area (Å²) in [6.45, 7) is 1.68. The number of carbonyl (C=O) groups excluding carboxylic acids is 2. The van der Waals surface area contributed by atoms with Gasteiger partial charge >= 0.3 is 0 Å². The van der Waals surface area contributed by atoms with Crippen molar-refractivity contribution in [1.82, 2.24) is 15.6 Å². The smallest absolute Gasteiger partial charge is 0.251 e. The third-order valence-corrected chi connectivity index (χ3v) is 1.92. The summed E-state index contributed by atoms with van der Waals surface area (Å²) in [5.74, 6) is -0.321. The van der Waals surface area contributed by atoms with Gasteiger partial charge in [-0.05, 0) is 19.1 Å². The third-order valence-electron chi connectivity index (χ3n) is 1.92. The Morgan fingerprint density at radius 2 is 2.12 bits per heavy atom. The van der Waals surface area contributed by atoms with Crippen molar-refractivity contribution in [3.8, 4) is 0 Å². The molecule has 6 heteroatoms. The molecule has 1 aromatic rings. The molecule has 86 valence electrons. The Balaban J connectivity index is 2.69. The molecule has 1 heterocycles. The number of hydrogen-bond donors (Lipinski definition) is 3. The van der Waals surface area contributed by atoms with Crippen LogP contribution in [0.1, 0.15) is 16.1 Å². The van der Waals surface area contributed by atoms with Gasteiger partial charge in [0.2, 0.25) is 5.91 Å². The van der Waals surface area contributed by atoms with Gasteiger partial charge in [0.1, 0.15) is 5.82 Å². The standard InChI is InChI=1S/C10H14N4O2/c1-6-3-7(4-8(11)14-6)10(16)13-5-9(15)12-2/h3-4H,5H2,1-2H3,(H2,11,14)(H,12,15)(H,13,16). The Bertz CT molecular complexity index is 397. The molecule has 0 radical (unpaired) electrons. The summed E-state index contributed by atoms with van der Waals surface area (Å²) in [6.07, 6.45) is 0. The van der Waals surface area contributed by atoms with Crippen molar-refractivity contribution in [2.45, 2.75) is 6.92 Å². The number of nitrogens with two attached hydrogens (primary N) is 1. The number of nitrogen functional groups attached to an aromatic ring is 1. The normalized spacial score (nSPS) is 9.62. The maximum absolute atomic E-state index is 11.6. The molecule has 0 aromatic carbocycles. The van der Waals surface area contributed by atoms with Crippen LogP contribution in [0.2, 0.25) is 0 Å². The summed E-state index contributed by atoms with van der Waals surface area (Å²) in [5.41, 5.74) is 6.56. The molecule has 0 spiro atoms. The summed E-state index contributed by atoms with van der Waals surface area (Å²) in [5, 5.41) is 4.87. The van der Waals surface area contributed by atoms with E-state index in [1.165, 1.54) is 13.1 Å². The maximum Gasteiger partial charge on any atom is 0.251 e. The molecule has 4 N–H and O–H groups in total. The highest BCUT2D eigenvalue weighted by molar-refractivity contribution is 5.97. The minimum absolute atomic E-state index is 0.0589. The number of hydrogen-bond acceptors (Lipinski definition) is 4. The maximum atomic E-state index is 11.6. The van der Waals surface area contributed by atoms with Gasteiger partial charge in [-0.3, -0.25) is 9.59 Å². The van der Waals surface area contributed by atoms with Gasteiger partial charge in [-0.15, -0.1) is 0 Å². The number of pyridine rings is 1. The molecule has 0 aliphatic rings. The van der Waals surface area contributed by atoms with Crippen LogP contribution < -0.4 is 16.4 Å². The second kappa shape index (κ2) is 5.11. The van der Waals surface area contributed by atoms with Crippen LogP contribution in [0.15, 0.2) is 12.1 Å². The van der Waals surface area contributed by atoms with E-state index in [2.05, 4.69) is 15.6 Å². The molecule has 0 aliphatic heterocycles. The van der Waals surface area contributed by atoms with Gasteiger partial charge in [-0.25, -0.2) is 4.98 Å². The zero-order chi connectivity index (χ0) is 12.1. The topological polar surface area (TPSA) is 97.1 Å². The first kappa shape index (κ1) is 12.0. The van der Waals surface area contributed by atoms with Gasteiger partial charge in [0, 0.05) is 18.3 Å². The Morgan fingerprint density at radius 3 is 2.69 bits per heavy atom. The van der Waals surface area contributed by atoms with Crippen molar-refractivity contribution in [1.29, 1.82) is 0 Å². The Labute approximate surface area is 93.2 Å². The molecule has 16 heavy (non-hydrogen) atoms. The van der Waals surface area contributed by atoms with Crippen molar-refractivity contribution >= 4 is 17.6 Å². The van der Waals surface area contributed by atoms with Crippen LogP contribution in [-0.2, 0) is 4.79 Å². The highest BCUT2D eigenvalue weighted by atomic mass is 16.2. The van der Waals surface area contributed by atoms with E-state index in [1.54, 1.807) is 13.0 Å². The van der Waals surface area contributed by atoms with Crippen molar-refractivity contribution in [2.75, 3.05) is 19.3 Å². The lowest BCUT2D eigenvalue weighted by Crippen LogP contribution is -2.35. The quantitative estimate of drug-likeness (QED) is 0.639. The summed E-state index contributed by atoms with van der Waals surface area (Å²) in [4.78, 5) is 26.5. The molecular formula is C10H14N4O2. The lowest BCUT2D eigenvalue weighted by Gasteiger charge is -2.05. The Kier molecular flexibility index (Phi) is 3.82. The lowest BCUT2D eigenvalue weighted by molar-refractivity contribution is -0.119. The number of aromatic nitrogens is 1. The number of carbonyl (C=O) groups is 2. The highest BCUT2D eigenvalue weighted by Crippen LogP contribution is 2.06. The summed E-state index contributed by atoms with van der Waals surface area (Å²) in [7, 11) is 1.50. The van der Waals surface area contributed by atoms with E-state index in [0.29, 0.717) is 11.3 Å². The van der Waals surface area contributed by atoms with Gasteiger partial charge in [0.05, 0.1) is 6.54 Å². The summed E-state index contributed by atoms with van der Waals surface area (Å²) < 4.78 is 0. The summed E-state index contributed by atoms with van der Waals surface area (Å²) in [6, 6.07) is 3.07. The molecule has 0 fully saturated rings. The SMILES string of the molecule is CNC(=O)CNC(=O)c1cc(C)nc(N)c1. The molecule has 0 aliphatic carbocycles. The Morgan fingerprint density at radius 1 is 1.44 bits per heavy atom. The summed E-state index contributed by atoms with van der Waals surface area (Å²) >= 11 is 0. The lowest BCUT2D eigenvalue weighted by atomic mass is 10.2. The van der Waals surface area contributed by atoms with Gasteiger partial charge in [0.15, 0.2) is 0 Å². The molecule has 0 unspecified atom stereocenters. The average Bonchev–Trinajstić information content (AvgIpc) is 2.23. The molecular weight excluding hydrogens is 208 g/mol. The van der Waals surface area contributed by atoms with Crippen LogP contribution in [0.5, 0.6) is 0 Å². The van der Waals surface area contributed by atoms with Crippen LogP contribution in [0.4, 0.5) is 5.82 Å². The fraction of sp³-hybridized carbons (Fsp3) is 0.300. The van der Waals surface area contributed by atoms with Gasteiger partial charge < -0.3 is 16.4 Å². The molecule has 6 nitrogen and oxygen atoms in total. The largest absolute Gasteiger partial charge is 0.384 e. The van der Waals surface area contributed by atoms with Crippen LogP contribution in [0.3, 0.4) is 0 Å². The van der Waals surface area contributed by atoms with Crippen LogP contribution in [0, 0.1) is 6.92 Å². The minimum Gasteiger partial charge on any atom is -0.384 e. The van der Waals surface area contributed by atoms with E-state index in [0.717, 1.165) is 0 Å². The molecule has 1 rings (SSSR count). The first-order valence-electron chi connectivity index (χ1n) is 4.76. The predicted octanol–water partition coefficient (Wildman–Crippen LogP) is -0.552. The number of rotatable bonds is 3. The van der Waals surface area contributed by atoms with Crippen LogP contribution in [0.25, 0.3) is 0 Å². The fourth-order valence-corrected chi connectivity index (χ4v) is 1.18. The number of amides is 2. The first-order chi connectivity index (χ1) is 7.52. The van der Waals surface area contributed by atoms with E-state index >= 15 is 0 Å². The molecule has 0 saturated heterocycles. The second-order valence-corrected chi connectivity index (χ2v) is 3.28. The van der Waals surface area contributed by atoms with Crippen molar-refractivity contribution in [3.63, 3.8) is 0 Å². The number of nitrogens with one attached hydrogen (secondary N) is 2. The molecule has 0 atom stereocenters. The molecule has 2 amide bonds. The van der Waals surface area contributed by atoms with E-state index in [-0.39, 0.29) is 24.2 Å². The van der Waals surface area contributed by atoms with E-state index in [9.17, 15) is 9.59 Å². The first-order valence-corrected chi connectivity index (χ1v) is 4.76. The second-order valence-electron chi connectivity index (χ2n) is 3.28. The number of aryl methyl sites for hydroxylation is 1. The number of nitrogens with zero attached hydrogens (tertiary/aromatic N) is 1. The van der Waals surface area contributed by atoms with Gasteiger partial charge in [0.25, 0.3) is 5.91 Å². The fourth-order valence-electron chi connectivity index (χ4n) is 1.18. The van der Waals surface area contributed by atoms with E-state index in [4.69, 9.17) is 5.73 Å². The van der Waals surface area contributed by atoms with E-state index in [1.807, 2.05) is 0 Å². The van der Waals surface area contributed by atoms with Crippen LogP contribution >= 0.6 is 0 Å². The van der Waals surface area contributed by atoms with Crippen molar-refractivity contribution < 1.29 is 9.59 Å². The highest BCUT2D eigenvalue weighted by Gasteiger charge is 2.08. The Hall–Kier alpha value is -2.11. The van der Waals surface area contributed by atoms with Gasteiger partial charge in [-0.1, -0.05) is 0 Å². The van der Waals surface area contributed by atoms with Gasteiger partial charge in [-0.2, -0.15) is 0 Å². The average molecular weight is 222 g/mol. The third kappa shape index (κ3) is 3.23. The molecule has 0 bridgehead atoms. The van der Waals surface area contributed by atoms with Crippen molar-refractivity contribution in [2.24, 2.45) is 0 Å². The number of anilines is 1. The molecule has 0 saturated carbocycles. The zero-order valence-electron chi connectivity index (χ0n) is 9.20. The zero-order valence-corrected chi connectivity index (χ0v) is 9.20.